The van der Waals surface area contributed by atoms with Gasteiger partial charge in [-0.2, -0.15) is 10.4 Å². The highest BCUT2D eigenvalue weighted by atomic mass is 32.1. The van der Waals surface area contributed by atoms with Gasteiger partial charge in [-0.05, 0) is 36.5 Å². The molecular weight excluding hydrogens is 262 g/mol. The molecule has 2 aromatic heterocycles. The van der Waals surface area contributed by atoms with Crippen LogP contribution in [0.3, 0.4) is 0 Å². The summed E-state index contributed by atoms with van der Waals surface area (Å²) in [6.45, 7) is 0. The van der Waals surface area contributed by atoms with Gasteiger partial charge in [0.2, 0.25) is 0 Å². The van der Waals surface area contributed by atoms with Crippen LogP contribution >= 0.6 is 12.2 Å². The van der Waals surface area contributed by atoms with Gasteiger partial charge in [0, 0.05) is 0 Å². The summed E-state index contributed by atoms with van der Waals surface area (Å²) in [5.41, 5.74) is 1.55. The zero-order chi connectivity index (χ0) is 13.4. The van der Waals surface area contributed by atoms with Gasteiger partial charge in [-0.25, -0.2) is 4.68 Å². The number of benzene rings is 1. The lowest BCUT2D eigenvalue weighted by molar-refractivity contribution is 0.892. The Morgan fingerprint density at radius 1 is 1.26 bits per heavy atom. The summed E-state index contributed by atoms with van der Waals surface area (Å²) < 4.78 is 1.81. The van der Waals surface area contributed by atoms with Gasteiger partial charge < -0.3 is 4.98 Å². The lowest BCUT2D eigenvalue weighted by Crippen LogP contribution is -2.08. The third-order valence-electron chi connectivity index (χ3n) is 2.71. The van der Waals surface area contributed by atoms with E-state index in [1.165, 1.54) is 6.20 Å². The van der Waals surface area contributed by atoms with E-state index in [0.717, 1.165) is 5.69 Å². The van der Waals surface area contributed by atoms with Gasteiger partial charge in [-0.15, -0.1) is 0 Å². The fourth-order valence-corrected chi connectivity index (χ4v) is 2.01. The van der Waals surface area contributed by atoms with Crippen molar-refractivity contribution in [3.8, 4) is 11.8 Å². The predicted molar refractivity (Wildman–Crippen MR) is 71.6 cm³/mol. The van der Waals surface area contributed by atoms with Crippen LogP contribution in [0.5, 0.6) is 0 Å². The largest absolute Gasteiger partial charge is 0.316 e. The number of aromatic amines is 2. The summed E-state index contributed by atoms with van der Waals surface area (Å²) in [4.78, 5) is 17.1. The van der Waals surface area contributed by atoms with Crippen LogP contribution in [0, 0.1) is 16.1 Å². The minimum atomic E-state index is -0.279. The van der Waals surface area contributed by atoms with E-state index in [2.05, 4.69) is 15.1 Å². The molecule has 6 nitrogen and oxygen atoms in total. The van der Waals surface area contributed by atoms with Crippen LogP contribution in [-0.2, 0) is 0 Å². The van der Waals surface area contributed by atoms with Crippen molar-refractivity contribution in [2.24, 2.45) is 0 Å². The molecule has 0 fully saturated rings. The number of nitrogens with one attached hydrogen (secondary N) is 2. The number of aromatic nitrogens is 4. The van der Waals surface area contributed by atoms with Gasteiger partial charge in [0.25, 0.3) is 5.56 Å². The van der Waals surface area contributed by atoms with Crippen molar-refractivity contribution in [2.45, 2.75) is 0 Å². The molecule has 0 radical (unpaired) electrons. The topological polar surface area (TPSA) is 90.3 Å². The molecule has 0 saturated heterocycles. The first-order valence-electron chi connectivity index (χ1n) is 5.40. The molecule has 1 aromatic carbocycles. The molecule has 0 amide bonds. The predicted octanol–water partition coefficient (Wildman–Crippen LogP) is 1.64. The van der Waals surface area contributed by atoms with Gasteiger partial charge in [0.05, 0.1) is 23.5 Å². The third-order valence-corrected chi connectivity index (χ3v) is 2.92. The lowest BCUT2D eigenvalue weighted by atomic mass is 10.2. The van der Waals surface area contributed by atoms with Crippen molar-refractivity contribution in [3.05, 3.63) is 51.2 Å². The second-order valence-electron chi connectivity index (χ2n) is 3.89. The summed E-state index contributed by atoms with van der Waals surface area (Å²) in [6.07, 6.45) is 1.47. The normalized spacial score (nSPS) is 10.5. The minimum Gasteiger partial charge on any atom is -0.316 e. The zero-order valence-electron chi connectivity index (χ0n) is 9.54. The number of hydrogen-bond donors (Lipinski definition) is 2. The first kappa shape index (κ1) is 11.4. The highest BCUT2D eigenvalue weighted by Crippen LogP contribution is 2.13. The smallest absolute Gasteiger partial charge is 0.262 e. The second kappa shape index (κ2) is 4.19. The maximum Gasteiger partial charge on any atom is 0.262 e. The Balaban J connectivity index is 2.28. The van der Waals surface area contributed by atoms with E-state index in [0.29, 0.717) is 16.6 Å². The van der Waals surface area contributed by atoms with Crippen molar-refractivity contribution >= 4 is 23.3 Å². The van der Waals surface area contributed by atoms with Crippen molar-refractivity contribution in [3.63, 3.8) is 0 Å². The van der Waals surface area contributed by atoms with Gasteiger partial charge in [0.1, 0.15) is 11.0 Å². The average Bonchev–Trinajstić information content (AvgIpc) is 2.83. The third kappa shape index (κ3) is 1.84. The van der Waals surface area contributed by atoms with E-state index in [4.69, 9.17) is 17.5 Å². The number of fused-ring (bicyclic) bond motifs is 1. The molecule has 92 valence electrons. The van der Waals surface area contributed by atoms with Crippen LogP contribution in [0.2, 0.25) is 0 Å². The quantitative estimate of drug-likeness (QED) is 0.657. The summed E-state index contributed by atoms with van der Waals surface area (Å²) in [7, 11) is 0. The number of nitrogens with zero attached hydrogens (tertiary/aromatic N) is 3. The average molecular weight is 269 g/mol. The number of nitriles is 1. The molecule has 0 atom stereocenters. The standard InChI is InChI=1S/C12H7N5OS/c13-5-7-1-3-8(4-2-7)17-10-9(6-14-17)11(18)16-12(19)15-10/h1-4,6H,(H2,15,16,18,19). The monoisotopic (exact) mass is 269 g/mol. The molecule has 0 bridgehead atoms. The van der Waals surface area contributed by atoms with Crippen molar-refractivity contribution < 1.29 is 0 Å². The highest BCUT2D eigenvalue weighted by molar-refractivity contribution is 7.71. The number of hydrogen-bond acceptors (Lipinski definition) is 4. The molecule has 7 heteroatoms. The van der Waals surface area contributed by atoms with Gasteiger partial charge in [0.15, 0.2) is 4.77 Å². The summed E-state index contributed by atoms with van der Waals surface area (Å²) >= 11 is 4.95. The fraction of sp³-hybridized carbons (Fsp3) is 0. The molecule has 0 aliphatic carbocycles. The Kier molecular flexibility index (Phi) is 2.51. The Bertz CT molecular complexity index is 910. The van der Waals surface area contributed by atoms with Crippen LogP contribution in [0.25, 0.3) is 16.7 Å². The minimum absolute atomic E-state index is 0.243. The van der Waals surface area contributed by atoms with Crippen LogP contribution in [-0.4, -0.2) is 19.7 Å². The highest BCUT2D eigenvalue weighted by Gasteiger charge is 2.08. The van der Waals surface area contributed by atoms with E-state index in [9.17, 15) is 4.79 Å². The summed E-state index contributed by atoms with van der Waals surface area (Å²) in [6, 6.07) is 8.92. The Hall–Kier alpha value is -2.72. The molecule has 0 spiro atoms. The molecule has 0 saturated carbocycles. The molecule has 3 aromatic rings. The first-order valence-corrected chi connectivity index (χ1v) is 5.81. The van der Waals surface area contributed by atoms with E-state index in [1.54, 1.807) is 28.9 Å². The Labute approximate surface area is 111 Å². The zero-order valence-corrected chi connectivity index (χ0v) is 10.4. The molecule has 19 heavy (non-hydrogen) atoms. The van der Waals surface area contributed by atoms with Gasteiger partial charge in [-0.1, -0.05) is 0 Å². The molecule has 2 N–H and O–H groups in total. The Morgan fingerprint density at radius 3 is 2.68 bits per heavy atom. The van der Waals surface area contributed by atoms with Crippen molar-refractivity contribution in [2.75, 3.05) is 0 Å². The van der Waals surface area contributed by atoms with Crippen LogP contribution in [0.1, 0.15) is 5.56 Å². The second-order valence-corrected chi connectivity index (χ2v) is 4.29. The maximum absolute atomic E-state index is 11.7. The Morgan fingerprint density at radius 2 is 2.00 bits per heavy atom. The fourth-order valence-electron chi connectivity index (χ4n) is 1.82. The molecule has 0 aliphatic heterocycles. The summed E-state index contributed by atoms with van der Waals surface area (Å²) in [5, 5.41) is 13.4. The van der Waals surface area contributed by atoms with E-state index in [-0.39, 0.29) is 10.3 Å². The van der Waals surface area contributed by atoms with Crippen LogP contribution in [0.4, 0.5) is 0 Å². The van der Waals surface area contributed by atoms with Crippen molar-refractivity contribution in [1.29, 1.82) is 5.26 Å². The molecule has 3 rings (SSSR count). The van der Waals surface area contributed by atoms with Crippen LogP contribution < -0.4 is 5.56 Å². The SMILES string of the molecule is N#Cc1ccc(-n2ncc3c(=O)[nH]c(=S)[nH]c32)cc1. The maximum atomic E-state index is 11.7. The molecule has 2 heterocycles. The van der Waals surface area contributed by atoms with E-state index in [1.807, 2.05) is 6.07 Å². The number of H-pyrrole nitrogens is 2. The van der Waals surface area contributed by atoms with Crippen LogP contribution in [0.15, 0.2) is 35.3 Å². The van der Waals surface area contributed by atoms with Crippen molar-refractivity contribution in [1.82, 2.24) is 19.7 Å². The number of rotatable bonds is 1. The molecule has 0 aliphatic rings. The lowest BCUT2D eigenvalue weighted by Gasteiger charge is -2.02. The van der Waals surface area contributed by atoms with Gasteiger partial charge in [-0.3, -0.25) is 9.78 Å². The summed E-state index contributed by atoms with van der Waals surface area (Å²) in [5.74, 6) is 0. The molecule has 0 unspecified atom stereocenters. The molecular formula is C12H7N5OS. The van der Waals surface area contributed by atoms with Gasteiger partial charge >= 0.3 is 0 Å². The van der Waals surface area contributed by atoms with E-state index >= 15 is 0 Å². The van der Waals surface area contributed by atoms with E-state index < -0.39 is 0 Å². The first-order chi connectivity index (χ1) is 9.19.